The minimum Gasteiger partial charge on any atom is -0.382 e. The smallest absolute Gasteiger partial charge is 0.0901 e. The lowest BCUT2D eigenvalue weighted by molar-refractivity contribution is 0.0932. The van der Waals surface area contributed by atoms with Gasteiger partial charge in [0.25, 0.3) is 0 Å². The van der Waals surface area contributed by atoms with Crippen molar-refractivity contribution in [2.75, 3.05) is 18.5 Å². The fraction of sp³-hybridized carbons (Fsp3) is 0.625. The predicted octanol–water partition coefficient (Wildman–Crippen LogP) is 2.22. The van der Waals surface area contributed by atoms with Crippen molar-refractivity contribution in [3.8, 4) is 0 Å². The highest BCUT2D eigenvalue weighted by atomic mass is 16.5. The summed E-state index contributed by atoms with van der Waals surface area (Å²) in [7, 11) is 3.94. The number of hydrogen-bond donors (Lipinski definition) is 1. The number of ether oxygens (including phenoxy) is 1. The molecule has 0 amide bonds. The Kier molecular flexibility index (Phi) is 3.41. The molecule has 2 aromatic rings. The summed E-state index contributed by atoms with van der Waals surface area (Å²) < 4.78 is 9.69. The van der Waals surface area contributed by atoms with Crippen LogP contribution in [0.3, 0.4) is 0 Å². The van der Waals surface area contributed by atoms with Crippen molar-refractivity contribution >= 4 is 5.69 Å². The fourth-order valence-electron chi connectivity index (χ4n) is 3.34. The van der Waals surface area contributed by atoms with Crippen molar-refractivity contribution in [1.29, 1.82) is 0 Å². The first-order valence-electron chi connectivity index (χ1n) is 8.08. The van der Waals surface area contributed by atoms with Gasteiger partial charge in [0.05, 0.1) is 23.7 Å². The highest BCUT2D eigenvalue weighted by molar-refractivity contribution is 5.49. The van der Waals surface area contributed by atoms with E-state index in [1.54, 1.807) is 0 Å². The predicted molar refractivity (Wildman–Crippen MR) is 83.7 cm³/mol. The summed E-state index contributed by atoms with van der Waals surface area (Å²) in [5.74, 6) is 1.15. The molecule has 118 valence electrons. The molecule has 1 N–H and O–H groups in total. The zero-order chi connectivity index (χ0) is 15.1. The van der Waals surface area contributed by atoms with E-state index in [0.717, 1.165) is 19.6 Å². The second-order valence-corrected chi connectivity index (χ2v) is 6.54. The monoisotopic (exact) mass is 301 g/mol. The van der Waals surface area contributed by atoms with Crippen molar-refractivity contribution in [2.24, 2.45) is 20.0 Å². The van der Waals surface area contributed by atoms with Gasteiger partial charge in [-0.3, -0.25) is 9.36 Å². The normalized spacial score (nSPS) is 24.8. The minimum absolute atomic E-state index is 0.155. The van der Waals surface area contributed by atoms with E-state index in [4.69, 9.17) is 4.74 Å². The molecule has 2 atom stereocenters. The zero-order valence-corrected chi connectivity index (χ0v) is 13.2. The lowest BCUT2D eigenvalue weighted by Gasteiger charge is -2.18. The van der Waals surface area contributed by atoms with Gasteiger partial charge in [0, 0.05) is 57.0 Å². The highest BCUT2D eigenvalue weighted by Crippen LogP contribution is 2.43. The van der Waals surface area contributed by atoms with Gasteiger partial charge in [0.2, 0.25) is 0 Å². The summed E-state index contributed by atoms with van der Waals surface area (Å²) in [5, 5.41) is 12.5. The number of aromatic nitrogens is 4. The molecule has 4 rings (SSSR count). The van der Waals surface area contributed by atoms with Gasteiger partial charge in [-0.1, -0.05) is 0 Å². The van der Waals surface area contributed by atoms with Crippen LogP contribution in [0.2, 0.25) is 0 Å². The zero-order valence-electron chi connectivity index (χ0n) is 13.2. The molecular weight excluding hydrogens is 278 g/mol. The van der Waals surface area contributed by atoms with E-state index in [1.165, 1.54) is 29.8 Å². The molecule has 1 aliphatic heterocycles. The molecule has 6 nitrogen and oxygen atoms in total. The van der Waals surface area contributed by atoms with Gasteiger partial charge in [-0.05, 0) is 19.3 Å². The van der Waals surface area contributed by atoms with Gasteiger partial charge in [0.1, 0.15) is 0 Å². The summed E-state index contributed by atoms with van der Waals surface area (Å²) in [6.45, 7) is 1.75. The quantitative estimate of drug-likeness (QED) is 0.920. The third kappa shape index (κ3) is 2.63. The molecule has 3 heterocycles. The second kappa shape index (κ2) is 5.43. The van der Waals surface area contributed by atoms with E-state index in [0.29, 0.717) is 11.8 Å². The maximum absolute atomic E-state index is 5.93. The Hall–Kier alpha value is -1.82. The van der Waals surface area contributed by atoms with E-state index >= 15 is 0 Å². The average Bonchev–Trinajstić information content (AvgIpc) is 2.91. The molecule has 2 aromatic heterocycles. The average molecular weight is 301 g/mol. The minimum atomic E-state index is 0.155. The van der Waals surface area contributed by atoms with Gasteiger partial charge in [0.15, 0.2) is 0 Å². The van der Waals surface area contributed by atoms with Crippen LogP contribution >= 0.6 is 0 Å². The summed E-state index contributed by atoms with van der Waals surface area (Å²) in [6.07, 6.45) is 9.87. The number of hydrogen-bond acceptors (Lipinski definition) is 4. The summed E-state index contributed by atoms with van der Waals surface area (Å²) >= 11 is 0. The number of nitrogens with one attached hydrogen (secondary N) is 1. The molecule has 22 heavy (non-hydrogen) atoms. The maximum atomic E-state index is 5.93. The topological polar surface area (TPSA) is 56.9 Å². The molecular formula is C16H23N5O. The van der Waals surface area contributed by atoms with Gasteiger partial charge < -0.3 is 10.1 Å². The Labute approximate surface area is 130 Å². The Balaban J connectivity index is 1.44. The molecule has 0 radical (unpaired) electrons. The fourth-order valence-corrected chi connectivity index (χ4v) is 3.34. The van der Waals surface area contributed by atoms with E-state index < -0.39 is 0 Å². The molecule has 2 aliphatic rings. The van der Waals surface area contributed by atoms with Crippen LogP contribution in [0, 0.1) is 5.92 Å². The number of anilines is 1. The van der Waals surface area contributed by atoms with E-state index in [9.17, 15) is 0 Å². The van der Waals surface area contributed by atoms with Crippen LogP contribution in [0.15, 0.2) is 18.6 Å². The van der Waals surface area contributed by atoms with Crippen molar-refractivity contribution < 1.29 is 4.74 Å². The first-order chi connectivity index (χ1) is 10.7. The highest BCUT2D eigenvalue weighted by Gasteiger charge is 2.32. The maximum Gasteiger partial charge on any atom is 0.0901 e. The lowest BCUT2D eigenvalue weighted by atomic mass is 9.97. The molecule has 0 spiro atoms. The Morgan fingerprint density at radius 2 is 2.09 bits per heavy atom. The van der Waals surface area contributed by atoms with Crippen LogP contribution in [0.4, 0.5) is 5.69 Å². The van der Waals surface area contributed by atoms with Gasteiger partial charge in [-0.25, -0.2) is 0 Å². The molecule has 1 saturated carbocycles. The van der Waals surface area contributed by atoms with Crippen molar-refractivity contribution in [1.82, 2.24) is 19.6 Å². The standard InChI is InChI=1S/C16H23N5O/c1-20-9-13(8-18-20)16-12(5-6-22-16)7-17-14-10-21(2)19-15(14)11-3-4-11/h8-12,16-17H,3-7H2,1-2H3/t12-,16+/m1/s1. The van der Waals surface area contributed by atoms with Crippen LogP contribution < -0.4 is 5.32 Å². The Bertz CT molecular complexity index is 657. The van der Waals surface area contributed by atoms with Crippen molar-refractivity contribution in [2.45, 2.75) is 31.3 Å². The lowest BCUT2D eigenvalue weighted by Crippen LogP contribution is -2.18. The number of aryl methyl sites for hydroxylation is 2. The summed E-state index contributed by atoms with van der Waals surface area (Å²) in [4.78, 5) is 0. The van der Waals surface area contributed by atoms with Crippen LogP contribution in [0.5, 0.6) is 0 Å². The van der Waals surface area contributed by atoms with E-state index in [-0.39, 0.29) is 6.10 Å². The van der Waals surface area contributed by atoms with Crippen LogP contribution in [-0.2, 0) is 18.8 Å². The third-order valence-corrected chi connectivity index (χ3v) is 4.64. The van der Waals surface area contributed by atoms with Crippen LogP contribution in [0.1, 0.15) is 42.5 Å². The first-order valence-corrected chi connectivity index (χ1v) is 8.08. The molecule has 1 aliphatic carbocycles. The van der Waals surface area contributed by atoms with E-state index in [1.807, 2.05) is 29.7 Å². The summed E-state index contributed by atoms with van der Waals surface area (Å²) in [5.41, 5.74) is 3.61. The van der Waals surface area contributed by atoms with Crippen molar-refractivity contribution in [3.05, 3.63) is 29.8 Å². The first kappa shape index (κ1) is 13.8. The summed E-state index contributed by atoms with van der Waals surface area (Å²) in [6, 6.07) is 0. The Morgan fingerprint density at radius 1 is 1.23 bits per heavy atom. The molecule has 1 saturated heterocycles. The molecule has 0 aromatic carbocycles. The van der Waals surface area contributed by atoms with Gasteiger partial charge >= 0.3 is 0 Å². The third-order valence-electron chi connectivity index (χ3n) is 4.64. The van der Waals surface area contributed by atoms with Crippen molar-refractivity contribution in [3.63, 3.8) is 0 Å². The molecule has 0 bridgehead atoms. The van der Waals surface area contributed by atoms with Gasteiger partial charge in [-0.15, -0.1) is 0 Å². The largest absolute Gasteiger partial charge is 0.382 e. The van der Waals surface area contributed by atoms with Crippen LogP contribution in [0.25, 0.3) is 0 Å². The molecule has 6 heteroatoms. The Morgan fingerprint density at radius 3 is 2.82 bits per heavy atom. The SMILES string of the molecule is Cn1cc([C@H]2OCC[C@@H]2CNc2cn(C)nc2C2CC2)cn1. The number of nitrogens with zero attached hydrogens (tertiary/aromatic N) is 4. The molecule has 0 unspecified atom stereocenters. The van der Waals surface area contributed by atoms with E-state index in [2.05, 4.69) is 27.9 Å². The van der Waals surface area contributed by atoms with Crippen LogP contribution in [-0.4, -0.2) is 32.7 Å². The van der Waals surface area contributed by atoms with Gasteiger partial charge in [-0.2, -0.15) is 10.2 Å². The molecule has 2 fully saturated rings. The number of rotatable bonds is 5. The second-order valence-electron chi connectivity index (χ2n) is 6.54.